The SMILES string of the molecule is O=C(NCCn1nc(-n2cccn2)ccc1=O)c1cc(-c2ccc(F)cc2F)n[nH]1. The first kappa shape index (κ1) is 19.2. The Kier molecular flexibility index (Phi) is 5.16. The Labute approximate surface area is 168 Å². The molecule has 0 aliphatic heterocycles. The molecule has 0 fully saturated rings. The van der Waals surface area contributed by atoms with Gasteiger partial charge in [0.1, 0.15) is 17.3 Å². The zero-order valence-corrected chi connectivity index (χ0v) is 15.4. The number of aromatic nitrogens is 6. The van der Waals surface area contributed by atoms with Gasteiger partial charge in [0.25, 0.3) is 11.5 Å². The molecule has 1 amide bonds. The lowest BCUT2D eigenvalue weighted by Crippen LogP contribution is -2.32. The van der Waals surface area contributed by atoms with Crippen molar-refractivity contribution < 1.29 is 13.6 Å². The zero-order chi connectivity index (χ0) is 21.1. The highest BCUT2D eigenvalue weighted by molar-refractivity contribution is 5.93. The van der Waals surface area contributed by atoms with Gasteiger partial charge in [-0.15, -0.1) is 5.10 Å². The monoisotopic (exact) mass is 411 g/mol. The highest BCUT2D eigenvalue weighted by atomic mass is 19.1. The molecule has 3 heterocycles. The molecule has 0 radical (unpaired) electrons. The molecule has 152 valence electrons. The molecule has 2 N–H and O–H groups in total. The number of hydrogen-bond acceptors (Lipinski definition) is 5. The molecule has 30 heavy (non-hydrogen) atoms. The summed E-state index contributed by atoms with van der Waals surface area (Å²) in [6, 6.07) is 9.09. The number of nitrogens with zero attached hydrogens (tertiary/aromatic N) is 5. The van der Waals surface area contributed by atoms with Gasteiger partial charge in [0.2, 0.25) is 0 Å². The fraction of sp³-hybridized carbons (Fsp3) is 0.105. The van der Waals surface area contributed by atoms with Gasteiger partial charge in [-0.3, -0.25) is 14.7 Å². The van der Waals surface area contributed by atoms with E-state index in [4.69, 9.17) is 0 Å². The average molecular weight is 411 g/mol. The second-order valence-corrected chi connectivity index (χ2v) is 6.25. The maximum Gasteiger partial charge on any atom is 0.269 e. The lowest BCUT2D eigenvalue weighted by Gasteiger charge is -2.07. The predicted molar refractivity (Wildman–Crippen MR) is 102 cm³/mol. The zero-order valence-electron chi connectivity index (χ0n) is 15.4. The van der Waals surface area contributed by atoms with Crippen LogP contribution in [0.4, 0.5) is 8.78 Å². The van der Waals surface area contributed by atoms with Crippen LogP contribution in [0.3, 0.4) is 0 Å². The van der Waals surface area contributed by atoms with E-state index in [9.17, 15) is 18.4 Å². The number of halogens is 2. The van der Waals surface area contributed by atoms with Crippen LogP contribution in [-0.2, 0) is 6.54 Å². The van der Waals surface area contributed by atoms with E-state index in [2.05, 4.69) is 25.7 Å². The highest BCUT2D eigenvalue weighted by Gasteiger charge is 2.14. The van der Waals surface area contributed by atoms with Crippen molar-refractivity contribution in [2.24, 2.45) is 0 Å². The summed E-state index contributed by atoms with van der Waals surface area (Å²) in [5, 5.41) is 17.3. The van der Waals surface area contributed by atoms with Gasteiger partial charge in [0.05, 0.1) is 12.2 Å². The van der Waals surface area contributed by atoms with Gasteiger partial charge in [-0.25, -0.2) is 18.1 Å². The van der Waals surface area contributed by atoms with Crippen molar-refractivity contribution in [2.75, 3.05) is 6.54 Å². The number of amides is 1. The molecule has 0 unspecified atom stereocenters. The van der Waals surface area contributed by atoms with Crippen LogP contribution >= 0.6 is 0 Å². The second-order valence-electron chi connectivity index (χ2n) is 6.25. The highest BCUT2D eigenvalue weighted by Crippen LogP contribution is 2.22. The number of nitrogens with one attached hydrogen (secondary N) is 2. The van der Waals surface area contributed by atoms with Gasteiger partial charge in [-0.2, -0.15) is 10.2 Å². The molecule has 4 aromatic rings. The van der Waals surface area contributed by atoms with Crippen molar-refractivity contribution in [1.29, 1.82) is 0 Å². The quantitative estimate of drug-likeness (QED) is 0.500. The number of carbonyl (C=O) groups is 1. The normalized spacial score (nSPS) is 10.9. The van der Waals surface area contributed by atoms with Gasteiger partial charge in [-0.05, 0) is 30.3 Å². The molecule has 0 saturated heterocycles. The third kappa shape index (κ3) is 3.99. The van der Waals surface area contributed by atoms with Crippen LogP contribution in [0.2, 0.25) is 0 Å². The third-order valence-electron chi connectivity index (χ3n) is 4.23. The maximum absolute atomic E-state index is 13.9. The molecule has 0 bridgehead atoms. The van der Waals surface area contributed by atoms with Crippen molar-refractivity contribution in [1.82, 2.24) is 35.1 Å². The molecular formula is C19H15F2N7O2. The summed E-state index contributed by atoms with van der Waals surface area (Å²) >= 11 is 0. The summed E-state index contributed by atoms with van der Waals surface area (Å²) < 4.78 is 29.6. The smallest absolute Gasteiger partial charge is 0.269 e. The van der Waals surface area contributed by atoms with Crippen LogP contribution < -0.4 is 10.9 Å². The summed E-state index contributed by atoms with van der Waals surface area (Å²) in [6.45, 7) is 0.251. The van der Waals surface area contributed by atoms with Gasteiger partial charge in [-0.1, -0.05) is 0 Å². The Hall–Kier alpha value is -4.15. The van der Waals surface area contributed by atoms with E-state index >= 15 is 0 Å². The standard InChI is InChI=1S/C19H15F2N7O2/c20-12-2-3-13(14(21)10-12)15-11-16(25-24-15)19(30)22-7-9-28-18(29)5-4-17(26-28)27-8-1-6-23-27/h1-6,8,10-11H,7,9H2,(H,22,30)(H,24,25). The predicted octanol–water partition coefficient (Wildman–Crippen LogP) is 1.53. The molecular weight excluding hydrogens is 396 g/mol. The number of hydrogen-bond donors (Lipinski definition) is 2. The van der Waals surface area contributed by atoms with E-state index in [-0.39, 0.29) is 35.6 Å². The molecule has 11 heteroatoms. The van der Waals surface area contributed by atoms with E-state index < -0.39 is 17.5 Å². The first-order valence-corrected chi connectivity index (χ1v) is 8.88. The van der Waals surface area contributed by atoms with Crippen molar-refractivity contribution >= 4 is 5.91 Å². The van der Waals surface area contributed by atoms with E-state index in [1.54, 1.807) is 24.5 Å². The van der Waals surface area contributed by atoms with E-state index in [1.165, 1.54) is 27.6 Å². The second kappa shape index (κ2) is 8.07. The number of aromatic amines is 1. The minimum atomic E-state index is -0.782. The molecule has 4 rings (SSSR count). The Bertz CT molecular complexity index is 1250. The molecule has 1 aromatic carbocycles. The number of rotatable bonds is 6. The van der Waals surface area contributed by atoms with Crippen LogP contribution in [0.15, 0.2) is 59.7 Å². The van der Waals surface area contributed by atoms with E-state index in [0.29, 0.717) is 5.82 Å². The lowest BCUT2D eigenvalue weighted by atomic mass is 10.1. The summed E-state index contributed by atoms with van der Waals surface area (Å²) in [6.07, 6.45) is 3.28. The minimum absolute atomic E-state index is 0.0675. The van der Waals surface area contributed by atoms with Crippen LogP contribution in [0.1, 0.15) is 10.5 Å². The Balaban J connectivity index is 1.41. The summed E-state index contributed by atoms with van der Waals surface area (Å²) in [5.41, 5.74) is 0.00966. The fourth-order valence-electron chi connectivity index (χ4n) is 2.77. The Morgan fingerprint density at radius 3 is 2.80 bits per heavy atom. The third-order valence-corrected chi connectivity index (χ3v) is 4.23. The molecule has 9 nitrogen and oxygen atoms in total. The van der Waals surface area contributed by atoms with Crippen LogP contribution in [-0.4, -0.2) is 42.2 Å². The van der Waals surface area contributed by atoms with Gasteiger partial charge in [0.15, 0.2) is 5.82 Å². The lowest BCUT2D eigenvalue weighted by molar-refractivity contribution is 0.0946. The van der Waals surface area contributed by atoms with Gasteiger partial charge >= 0.3 is 0 Å². The summed E-state index contributed by atoms with van der Waals surface area (Å²) in [5.74, 6) is -1.51. The number of benzene rings is 1. The van der Waals surface area contributed by atoms with Crippen LogP contribution in [0.5, 0.6) is 0 Å². The van der Waals surface area contributed by atoms with E-state index in [1.807, 2.05) is 0 Å². The number of H-pyrrole nitrogens is 1. The fourth-order valence-corrected chi connectivity index (χ4v) is 2.77. The van der Waals surface area contributed by atoms with E-state index in [0.717, 1.165) is 12.1 Å². The minimum Gasteiger partial charge on any atom is -0.349 e. The molecule has 0 aliphatic rings. The van der Waals surface area contributed by atoms with Crippen molar-refractivity contribution in [3.8, 4) is 17.1 Å². The van der Waals surface area contributed by atoms with Crippen LogP contribution in [0, 0.1) is 11.6 Å². The molecule has 0 aliphatic carbocycles. The molecule has 0 spiro atoms. The maximum atomic E-state index is 13.9. The van der Waals surface area contributed by atoms with Gasteiger partial charge in [0, 0.05) is 36.6 Å². The molecule has 0 atom stereocenters. The van der Waals surface area contributed by atoms with Crippen molar-refractivity contribution in [2.45, 2.75) is 6.54 Å². The first-order chi connectivity index (χ1) is 14.5. The van der Waals surface area contributed by atoms with Crippen molar-refractivity contribution in [3.63, 3.8) is 0 Å². The topological polar surface area (TPSA) is 110 Å². The largest absolute Gasteiger partial charge is 0.349 e. The van der Waals surface area contributed by atoms with Crippen molar-refractivity contribution in [3.05, 3.63) is 82.5 Å². The Morgan fingerprint density at radius 1 is 1.17 bits per heavy atom. The van der Waals surface area contributed by atoms with Crippen LogP contribution in [0.25, 0.3) is 17.1 Å². The average Bonchev–Trinajstić information content (AvgIpc) is 3.41. The van der Waals surface area contributed by atoms with Gasteiger partial charge < -0.3 is 5.32 Å². The molecule has 3 aromatic heterocycles. The Morgan fingerprint density at radius 2 is 2.03 bits per heavy atom. The number of carbonyl (C=O) groups excluding carboxylic acids is 1. The summed E-state index contributed by atoms with van der Waals surface area (Å²) in [4.78, 5) is 24.3. The summed E-state index contributed by atoms with van der Waals surface area (Å²) in [7, 11) is 0. The molecule has 0 saturated carbocycles. The first-order valence-electron chi connectivity index (χ1n) is 8.88.